The predicted octanol–water partition coefficient (Wildman–Crippen LogP) is 3.57. The van der Waals surface area contributed by atoms with Gasteiger partial charge in [-0.05, 0) is 44.0 Å². The highest BCUT2D eigenvalue weighted by atomic mass is 32.2. The molecule has 0 saturated carbocycles. The molecule has 1 aliphatic rings. The summed E-state index contributed by atoms with van der Waals surface area (Å²) in [4.78, 5) is 17.1. The quantitative estimate of drug-likeness (QED) is 0.480. The first-order chi connectivity index (χ1) is 13.7. The minimum atomic E-state index is -4.38. The third-order valence-electron chi connectivity index (χ3n) is 4.72. The molecule has 0 spiro atoms. The number of anilines is 1. The van der Waals surface area contributed by atoms with E-state index in [4.69, 9.17) is 4.74 Å². The lowest BCUT2D eigenvalue weighted by Gasteiger charge is -2.10. The molecule has 9 nitrogen and oxygen atoms in total. The van der Waals surface area contributed by atoms with Crippen LogP contribution in [0.3, 0.4) is 0 Å². The summed E-state index contributed by atoms with van der Waals surface area (Å²) in [6, 6.07) is 6.19. The van der Waals surface area contributed by atoms with Crippen molar-refractivity contribution < 1.29 is 22.5 Å². The Hall–Kier alpha value is -3.05. The molecule has 1 aromatic heterocycles. The van der Waals surface area contributed by atoms with Gasteiger partial charge in [-0.3, -0.25) is 14.8 Å². The highest BCUT2D eigenvalue weighted by Crippen LogP contribution is 2.30. The number of fused-ring (bicyclic) bond motifs is 1. The SMILES string of the molecule is Cc1cc(F)c(S(=O)(=O)Nc2ccc3nc(C4CCCO4)[nH]c3c2)cc1[N+](=O)[O-]. The Morgan fingerprint density at radius 3 is 2.83 bits per heavy atom. The van der Waals surface area contributed by atoms with Gasteiger partial charge in [-0.2, -0.15) is 0 Å². The first kappa shape index (κ1) is 19.3. The van der Waals surface area contributed by atoms with Crippen LogP contribution in [0.5, 0.6) is 0 Å². The lowest BCUT2D eigenvalue weighted by atomic mass is 10.2. The van der Waals surface area contributed by atoms with Crippen LogP contribution in [-0.2, 0) is 14.8 Å². The summed E-state index contributed by atoms with van der Waals surface area (Å²) in [5, 5.41) is 11.1. The van der Waals surface area contributed by atoms with Gasteiger partial charge in [0.25, 0.3) is 15.7 Å². The number of imidazole rings is 1. The molecule has 3 aromatic rings. The normalized spacial score (nSPS) is 17.0. The Morgan fingerprint density at radius 1 is 1.34 bits per heavy atom. The fraction of sp³-hybridized carbons (Fsp3) is 0.278. The number of ether oxygens (including phenoxy) is 1. The lowest BCUT2D eigenvalue weighted by molar-refractivity contribution is -0.385. The van der Waals surface area contributed by atoms with Crippen molar-refractivity contribution in [3.63, 3.8) is 0 Å². The molecule has 1 unspecified atom stereocenters. The molecule has 1 fully saturated rings. The van der Waals surface area contributed by atoms with E-state index < -0.39 is 31.3 Å². The Morgan fingerprint density at radius 2 is 2.14 bits per heavy atom. The smallest absolute Gasteiger partial charge is 0.273 e. The maximum Gasteiger partial charge on any atom is 0.273 e. The summed E-state index contributed by atoms with van der Waals surface area (Å²) in [5.41, 5.74) is 0.952. The molecule has 2 heterocycles. The summed E-state index contributed by atoms with van der Waals surface area (Å²) in [6.07, 6.45) is 1.68. The first-order valence-corrected chi connectivity index (χ1v) is 10.3. The second-order valence-corrected chi connectivity index (χ2v) is 8.44. The molecule has 2 N–H and O–H groups in total. The zero-order valence-corrected chi connectivity index (χ0v) is 16.1. The number of hydrogen-bond donors (Lipinski definition) is 2. The Bertz CT molecular complexity index is 1220. The average molecular weight is 420 g/mol. The Labute approximate surface area is 165 Å². The van der Waals surface area contributed by atoms with Gasteiger partial charge in [-0.1, -0.05) is 0 Å². The number of nitro groups is 1. The molecule has 1 atom stereocenters. The Balaban J connectivity index is 1.66. The van der Waals surface area contributed by atoms with Crippen molar-refractivity contribution in [2.75, 3.05) is 11.3 Å². The number of aromatic nitrogens is 2. The van der Waals surface area contributed by atoms with Crippen molar-refractivity contribution in [1.29, 1.82) is 0 Å². The molecule has 152 valence electrons. The highest BCUT2D eigenvalue weighted by Gasteiger charge is 2.25. The number of hydrogen-bond acceptors (Lipinski definition) is 6. The second-order valence-electron chi connectivity index (χ2n) is 6.79. The number of aromatic amines is 1. The van der Waals surface area contributed by atoms with E-state index in [1.165, 1.54) is 19.1 Å². The number of nitrogens with zero attached hydrogens (tertiary/aromatic N) is 2. The van der Waals surface area contributed by atoms with Crippen molar-refractivity contribution >= 4 is 32.4 Å². The first-order valence-electron chi connectivity index (χ1n) is 8.83. The van der Waals surface area contributed by atoms with Gasteiger partial charge in [0, 0.05) is 18.2 Å². The third kappa shape index (κ3) is 3.66. The number of aryl methyl sites for hydroxylation is 1. The fourth-order valence-corrected chi connectivity index (χ4v) is 4.42. The molecule has 1 aliphatic heterocycles. The largest absolute Gasteiger partial charge is 0.370 e. The number of nitrogens with one attached hydrogen (secondary N) is 2. The number of H-pyrrole nitrogens is 1. The van der Waals surface area contributed by atoms with Crippen LogP contribution in [0.2, 0.25) is 0 Å². The van der Waals surface area contributed by atoms with Crippen LogP contribution < -0.4 is 4.72 Å². The molecule has 0 amide bonds. The number of nitro benzene ring substituents is 1. The van der Waals surface area contributed by atoms with Crippen molar-refractivity contribution in [1.82, 2.24) is 9.97 Å². The van der Waals surface area contributed by atoms with Crippen LogP contribution >= 0.6 is 0 Å². The van der Waals surface area contributed by atoms with E-state index in [-0.39, 0.29) is 17.4 Å². The third-order valence-corrected chi connectivity index (χ3v) is 6.12. The molecule has 0 radical (unpaired) electrons. The van der Waals surface area contributed by atoms with Crippen molar-refractivity contribution in [3.05, 3.63) is 57.7 Å². The predicted molar refractivity (Wildman–Crippen MR) is 103 cm³/mol. The lowest BCUT2D eigenvalue weighted by Crippen LogP contribution is -2.15. The van der Waals surface area contributed by atoms with Gasteiger partial charge in [0.2, 0.25) is 0 Å². The molecule has 0 aliphatic carbocycles. The number of benzene rings is 2. The number of rotatable bonds is 5. The summed E-state index contributed by atoms with van der Waals surface area (Å²) < 4.78 is 47.4. The van der Waals surface area contributed by atoms with Crippen LogP contribution in [0.25, 0.3) is 11.0 Å². The summed E-state index contributed by atoms with van der Waals surface area (Å²) >= 11 is 0. The van der Waals surface area contributed by atoms with Gasteiger partial charge >= 0.3 is 0 Å². The van der Waals surface area contributed by atoms with E-state index in [0.717, 1.165) is 25.0 Å². The molecule has 11 heteroatoms. The van der Waals surface area contributed by atoms with Crippen molar-refractivity contribution in [2.45, 2.75) is 30.8 Å². The molecular formula is C18H17FN4O5S. The van der Waals surface area contributed by atoms with E-state index in [1.54, 1.807) is 6.07 Å². The standard InChI is InChI=1S/C18H17FN4O5S/c1-10-7-12(19)17(9-15(10)23(24)25)29(26,27)22-11-4-5-13-14(8-11)21-18(20-13)16-3-2-6-28-16/h4-5,7-9,16,22H,2-3,6H2,1H3,(H,20,21). The van der Waals surface area contributed by atoms with Gasteiger partial charge in [-0.15, -0.1) is 0 Å². The molecular weight excluding hydrogens is 403 g/mol. The zero-order chi connectivity index (χ0) is 20.8. The average Bonchev–Trinajstić information content (AvgIpc) is 3.29. The van der Waals surface area contributed by atoms with E-state index in [2.05, 4.69) is 14.7 Å². The second kappa shape index (κ2) is 7.08. The van der Waals surface area contributed by atoms with Gasteiger partial charge in [0.1, 0.15) is 22.6 Å². The zero-order valence-electron chi connectivity index (χ0n) is 15.3. The van der Waals surface area contributed by atoms with E-state index in [9.17, 15) is 22.9 Å². The Kier molecular flexibility index (Phi) is 4.71. The maximum atomic E-state index is 14.2. The fourth-order valence-electron chi connectivity index (χ4n) is 3.29. The monoisotopic (exact) mass is 420 g/mol. The highest BCUT2D eigenvalue weighted by molar-refractivity contribution is 7.92. The van der Waals surface area contributed by atoms with Crippen LogP contribution in [0, 0.1) is 22.9 Å². The van der Waals surface area contributed by atoms with Crippen molar-refractivity contribution in [3.8, 4) is 0 Å². The van der Waals surface area contributed by atoms with Crippen LogP contribution in [0.4, 0.5) is 15.8 Å². The van der Waals surface area contributed by atoms with Gasteiger partial charge < -0.3 is 9.72 Å². The summed E-state index contributed by atoms with van der Waals surface area (Å²) in [5.74, 6) is -0.401. The molecule has 0 bridgehead atoms. The minimum absolute atomic E-state index is 0.0343. The molecule has 4 rings (SSSR count). The summed E-state index contributed by atoms with van der Waals surface area (Å²) in [7, 11) is -4.38. The van der Waals surface area contributed by atoms with E-state index in [0.29, 0.717) is 23.5 Å². The maximum absolute atomic E-state index is 14.2. The van der Waals surface area contributed by atoms with Crippen molar-refractivity contribution in [2.24, 2.45) is 0 Å². The molecule has 29 heavy (non-hydrogen) atoms. The minimum Gasteiger partial charge on any atom is -0.370 e. The van der Waals surface area contributed by atoms with E-state index >= 15 is 0 Å². The van der Waals surface area contributed by atoms with Gasteiger partial charge in [0.05, 0.1) is 21.6 Å². The topological polar surface area (TPSA) is 127 Å². The van der Waals surface area contributed by atoms with Crippen LogP contribution in [0.1, 0.15) is 30.3 Å². The van der Waals surface area contributed by atoms with Gasteiger partial charge in [-0.25, -0.2) is 17.8 Å². The number of sulfonamides is 1. The number of halogens is 1. The molecule has 1 saturated heterocycles. The summed E-state index contributed by atoms with van der Waals surface area (Å²) in [6.45, 7) is 2.00. The molecule has 2 aromatic carbocycles. The van der Waals surface area contributed by atoms with Crippen LogP contribution in [-0.4, -0.2) is 29.9 Å². The van der Waals surface area contributed by atoms with Crippen LogP contribution in [0.15, 0.2) is 35.2 Å². The van der Waals surface area contributed by atoms with E-state index in [1.807, 2.05) is 0 Å². The van der Waals surface area contributed by atoms with Gasteiger partial charge in [0.15, 0.2) is 0 Å².